The summed E-state index contributed by atoms with van der Waals surface area (Å²) >= 11 is 0. The van der Waals surface area contributed by atoms with Gasteiger partial charge in [-0.15, -0.1) is 0 Å². The van der Waals surface area contributed by atoms with E-state index >= 15 is 0 Å². The van der Waals surface area contributed by atoms with Crippen molar-refractivity contribution in [1.29, 1.82) is 0 Å². The minimum atomic E-state index is -3.68. The number of nitrogens with two attached hydrogens (primary N) is 1. The topological polar surface area (TPSA) is 83.7 Å². The standard InChI is InChI=1S/C13H19N3O3S/c1-15(2)8-10-4-3-5-11(6-10)16-9-12(7-13(16)17)20(14,18)19/h3-6,12H,7-9H2,1-2H3,(H2,14,18,19). The molecule has 0 saturated carbocycles. The van der Waals surface area contributed by atoms with Crippen molar-refractivity contribution in [3.63, 3.8) is 0 Å². The van der Waals surface area contributed by atoms with Gasteiger partial charge in [-0.05, 0) is 31.8 Å². The first-order chi connectivity index (χ1) is 9.27. The second-order valence-corrected chi connectivity index (χ2v) is 7.17. The first-order valence-electron chi connectivity index (χ1n) is 6.33. The third-order valence-electron chi connectivity index (χ3n) is 3.28. The summed E-state index contributed by atoms with van der Waals surface area (Å²) in [5, 5.41) is 4.31. The molecule has 1 saturated heterocycles. The molecule has 1 atom stereocenters. The first-order valence-corrected chi connectivity index (χ1v) is 7.94. The van der Waals surface area contributed by atoms with Crippen molar-refractivity contribution in [3.8, 4) is 0 Å². The average molecular weight is 297 g/mol. The van der Waals surface area contributed by atoms with Crippen LogP contribution in [0.5, 0.6) is 0 Å². The molecule has 1 unspecified atom stereocenters. The van der Waals surface area contributed by atoms with Gasteiger partial charge >= 0.3 is 0 Å². The van der Waals surface area contributed by atoms with Crippen molar-refractivity contribution >= 4 is 21.6 Å². The summed E-state index contributed by atoms with van der Waals surface area (Å²) < 4.78 is 22.7. The van der Waals surface area contributed by atoms with Gasteiger partial charge in [-0.25, -0.2) is 13.6 Å². The predicted octanol–water partition coefficient (Wildman–Crippen LogP) is 0.142. The van der Waals surface area contributed by atoms with Crippen LogP contribution in [0, 0.1) is 0 Å². The number of nitrogens with zero attached hydrogens (tertiary/aromatic N) is 2. The molecule has 0 bridgehead atoms. The van der Waals surface area contributed by atoms with E-state index in [1.54, 1.807) is 0 Å². The highest BCUT2D eigenvalue weighted by Crippen LogP contribution is 2.25. The fourth-order valence-corrected chi connectivity index (χ4v) is 3.06. The maximum atomic E-state index is 12.0. The number of hydrogen-bond donors (Lipinski definition) is 1. The molecule has 1 aliphatic rings. The van der Waals surface area contributed by atoms with Crippen LogP contribution in [0.1, 0.15) is 12.0 Å². The Balaban J connectivity index is 2.22. The number of rotatable bonds is 4. The van der Waals surface area contributed by atoms with Gasteiger partial charge in [-0.1, -0.05) is 12.1 Å². The molecule has 20 heavy (non-hydrogen) atoms. The number of carbonyl (C=O) groups excluding carboxylic acids is 1. The van der Waals surface area contributed by atoms with Crippen LogP contribution in [0.3, 0.4) is 0 Å². The molecule has 7 heteroatoms. The van der Waals surface area contributed by atoms with E-state index in [9.17, 15) is 13.2 Å². The van der Waals surface area contributed by atoms with Gasteiger partial charge in [0.25, 0.3) is 0 Å². The smallest absolute Gasteiger partial charge is 0.228 e. The van der Waals surface area contributed by atoms with Crippen molar-refractivity contribution in [2.45, 2.75) is 18.2 Å². The third kappa shape index (κ3) is 3.36. The molecule has 6 nitrogen and oxygen atoms in total. The Kier molecular flexibility index (Phi) is 4.12. The van der Waals surface area contributed by atoms with Crippen LogP contribution in [0.15, 0.2) is 24.3 Å². The Morgan fingerprint density at radius 2 is 2.10 bits per heavy atom. The van der Waals surface area contributed by atoms with Crippen molar-refractivity contribution in [2.24, 2.45) is 5.14 Å². The second-order valence-electron chi connectivity index (χ2n) is 5.33. The number of anilines is 1. The first kappa shape index (κ1) is 15.0. The highest BCUT2D eigenvalue weighted by atomic mass is 32.2. The lowest BCUT2D eigenvalue weighted by Gasteiger charge is -2.18. The summed E-state index contributed by atoms with van der Waals surface area (Å²) in [7, 11) is 0.250. The van der Waals surface area contributed by atoms with Gasteiger partial charge in [0.05, 0.1) is 0 Å². The molecule has 0 radical (unpaired) electrons. The molecule has 1 fully saturated rings. The minimum Gasteiger partial charge on any atom is -0.311 e. The van der Waals surface area contributed by atoms with E-state index in [-0.39, 0.29) is 18.9 Å². The van der Waals surface area contributed by atoms with Crippen molar-refractivity contribution in [1.82, 2.24) is 4.90 Å². The van der Waals surface area contributed by atoms with Crippen LogP contribution in [-0.2, 0) is 21.4 Å². The van der Waals surface area contributed by atoms with Gasteiger partial charge in [0.15, 0.2) is 0 Å². The summed E-state index contributed by atoms with van der Waals surface area (Å²) in [6, 6.07) is 7.55. The zero-order valence-corrected chi connectivity index (χ0v) is 12.4. The second kappa shape index (κ2) is 5.51. The predicted molar refractivity (Wildman–Crippen MR) is 77.7 cm³/mol. The van der Waals surface area contributed by atoms with Crippen molar-refractivity contribution < 1.29 is 13.2 Å². The number of sulfonamides is 1. The maximum Gasteiger partial charge on any atom is 0.228 e. The molecule has 0 aromatic heterocycles. The maximum absolute atomic E-state index is 12.0. The lowest BCUT2D eigenvalue weighted by Crippen LogP contribution is -2.32. The van der Waals surface area contributed by atoms with E-state index in [1.807, 2.05) is 43.3 Å². The Morgan fingerprint density at radius 3 is 2.65 bits per heavy atom. The van der Waals surface area contributed by atoms with E-state index in [0.717, 1.165) is 17.8 Å². The summed E-state index contributed by atoms with van der Waals surface area (Å²) in [4.78, 5) is 15.5. The molecule has 1 aromatic carbocycles. The summed E-state index contributed by atoms with van der Waals surface area (Å²) in [6.07, 6.45) is -0.0449. The molecule has 1 aliphatic heterocycles. The number of amides is 1. The van der Waals surface area contributed by atoms with E-state index < -0.39 is 15.3 Å². The van der Waals surface area contributed by atoms with Crippen LogP contribution in [0.25, 0.3) is 0 Å². The Hall–Kier alpha value is -1.44. The molecule has 1 amide bonds. The van der Waals surface area contributed by atoms with Crippen LogP contribution in [0.4, 0.5) is 5.69 Å². The number of carbonyl (C=O) groups is 1. The van der Waals surface area contributed by atoms with E-state index in [0.29, 0.717) is 0 Å². The zero-order chi connectivity index (χ0) is 14.9. The minimum absolute atomic E-state index is 0.0449. The van der Waals surface area contributed by atoms with Crippen molar-refractivity contribution in [2.75, 3.05) is 25.5 Å². The van der Waals surface area contributed by atoms with Crippen LogP contribution < -0.4 is 10.0 Å². The highest BCUT2D eigenvalue weighted by Gasteiger charge is 2.37. The molecular formula is C13H19N3O3S. The van der Waals surface area contributed by atoms with E-state index in [4.69, 9.17) is 5.14 Å². The summed E-state index contributed by atoms with van der Waals surface area (Å²) in [6.45, 7) is 0.886. The molecule has 1 aromatic rings. The fraction of sp³-hybridized carbons (Fsp3) is 0.462. The van der Waals surface area contributed by atoms with Crippen molar-refractivity contribution in [3.05, 3.63) is 29.8 Å². The lowest BCUT2D eigenvalue weighted by atomic mass is 10.2. The fourth-order valence-electron chi connectivity index (χ4n) is 2.33. The van der Waals surface area contributed by atoms with Gasteiger partial charge in [-0.2, -0.15) is 0 Å². The Bertz CT molecular complexity index is 613. The molecule has 2 N–H and O–H groups in total. The van der Waals surface area contributed by atoms with E-state index in [2.05, 4.69) is 0 Å². The number of primary sulfonamides is 1. The summed E-state index contributed by atoms with van der Waals surface area (Å²) in [5.74, 6) is -0.203. The molecule has 1 heterocycles. The zero-order valence-electron chi connectivity index (χ0n) is 11.6. The lowest BCUT2D eigenvalue weighted by molar-refractivity contribution is -0.117. The molecule has 0 spiro atoms. The molecule has 0 aliphatic carbocycles. The Morgan fingerprint density at radius 1 is 1.40 bits per heavy atom. The molecule has 2 rings (SSSR count). The Labute approximate surface area is 119 Å². The van der Waals surface area contributed by atoms with Gasteiger partial charge < -0.3 is 9.80 Å². The SMILES string of the molecule is CN(C)Cc1cccc(N2CC(S(N)(=O)=O)CC2=O)c1. The molecule has 110 valence electrons. The van der Waals surface area contributed by atoms with Gasteiger partial charge in [0.1, 0.15) is 5.25 Å². The van der Waals surface area contributed by atoms with Crippen LogP contribution in [-0.4, -0.2) is 45.1 Å². The number of hydrogen-bond acceptors (Lipinski definition) is 4. The third-order valence-corrected chi connectivity index (χ3v) is 4.52. The highest BCUT2D eigenvalue weighted by molar-refractivity contribution is 7.89. The average Bonchev–Trinajstić information content (AvgIpc) is 2.70. The monoisotopic (exact) mass is 297 g/mol. The van der Waals surface area contributed by atoms with Gasteiger partial charge in [0, 0.05) is 25.2 Å². The van der Waals surface area contributed by atoms with Gasteiger partial charge in [-0.3, -0.25) is 4.79 Å². The quantitative estimate of drug-likeness (QED) is 0.857. The summed E-state index contributed by atoms with van der Waals surface area (Å²) in [5.41, 5.74) is 1.79. The normalized spacial score (nSPS) is 19.9. The van der Waals surface area contributed by atoms with Crippen LogP contribution in [0.2, 0.25) is 0 Å². The van der Waals surface area contributed by atoms with Gasteiger partial charge in [0.2, 0.25) is 15.9 Å². The van der Waals surface area contributed by atoms with E-state index in [1.165, 1.54) is 4.90 Å². The largest absolute Gasteiger partial charge is 0.311 e. The van der Waals surface area contributed by atoms with Crippen LogP contribution >= 0.6 is 0 Å². The molecular weight excluding hydrogens is 278 g/mol. The number of benzene rings is 1.